The molecule has 0 atom stereocenters. The molecule has 0 saturated carbocycles. The highest BCUT2D eigenvalue weighted by Gasteiger charge is 2.17. The number of carbonyl (C=O) groups excluding carboxylic acids is 1. The van der Waals surface area contributed by atoms with Gasteiger partial charge in [-0.25, -0.2) is 5.06 Å². The van der Waals surface area contributed by atoms with Gasteiger partial charge in [-0.05, 0) is 18.4 Å². The van der Waals surface area contributed by atoms with Gasteiger partial charge in [0.15, 0.2) is 0 Å². The molecule has 0 bridgehead atoms. The summed E-state index contributed by atoms with van der Waals surface area (Å²) in [5, 5.41) is 1.50. The molecule has 1 fully saturated rings. The van der Waals surface area contributed by atoms with Crippen molar-refractivity contribution in [1.82, 2.24) is 5.06 Å². The van der Waals surface area contributed by atoms with Gasteiger partial charge in [0.1, 0.15) is 0 Å². The van der Waals surface area contributed by atoms with Crippen molar-refractivity contribution < 1.29 is 9.63 Å². The third kappa shape index (κ3) is 2.80. The van der Waals surface area contributed by atoms with Gasteiger partial charge in [-0.2, -0.15) is 0 Å². The van der Waals surface area contributed by atoms with Crippen LogP contribution in [0.15, 0.2) is 30.3 Å². The molecule has 1 heterocycles. The van der Waals surface area contributed by atoms with E-state index in [-0.39, 0.29) is 5.91 Å². The highest BCUT2D eigenvalue weighted by molar-refractivity contribution is 5.77. The molecule has 0 N–H and O–H groups in total. The second kappa shape index (κ2) is 4.94. The van der Waals surface area contributed by atoms with E-state index in [1.165, 1.54) is 5.06 Å². The van der Waals surface area contributed by atoms with E-state index in [4.69, 9.17) is 4.84 Å². The van der Waals surface area contributed by atoms with Gasteiger partial charge in [0, 0.05) is 6.54 Å². The molecule has 0 spiro atoms. The van der Waals surface area contributed by atoms with E-state index in [9.17, 15) is 4.79 Å². The lowest BCUT2D eigenvalue weighted by Crippen LogP contribution is -2.36. The van der Waals surface area contributed by atoms with E-state index in [0.29, 0.717) is 13.0 Å². The summed E-state index contributed by atoms with van der Waals surface area (Å²) in [6, 6.07) is 9.76. The summed E-state index contributed by atoms with van der Waals surface area (Å²) in [6.07, 6.45) is 2.52. The molecule has 1 amide bonds. The normalized spacial score (nSPS) is 16.4. The molecule has 0 radical (unpaired) electrons. The van der Waals surface area contributed by atoms with Crippen LogP contribution < -0.4 is 0 Å². The Bertz CT molecular complexity index is 318. The van der Waals surface area contributed by atoms with Crippen molar-refractivity contribution in [2.75, 3.05) is 13.2 Å². The summed E-state index contributed by atoms with van der Waals surface area (Å²) in [6.45, 7) is 1.40. The van der Waals surface area contributed by atoms with Gasteiger partial charge in [-0.15, -0.1) is 0 Å². The third-order valence-electron chi connectivity index (χ3n) is 2.48. The molecule has 0 unspecified atom stereocenters. The van der Waals surface area contributed by atoms with Crippen molar-refractivity contribution in [3.63, 3.8) is 0 Å². The molecular weight excluding hydrogens is 190 g/mol. The van der Waals surface area contributed by atoms with Gasteiger partial charge in [0.25, 0.3) is 5.91 Å². The van der Waals surface area contributed by atoms with Crippen molar-refractivity contribution in [1.29, 1.82) is 0 Å². The van der Waals surface area contributed by atoms with Crippen LogP contribution in [0.2, 0.25) is 0 Å². The smallest absolute Gasteiger partial charge is 0.250 e. The van der Waals surface area contributed by atoms with Crippen LogP contribution in [-0.2, 0) is 16.1 Å². The minimum Gasteiger partial charge on any atom is -0.272 e. The minimum absolute atomic E-state index is 0.0564. The number of hydrogen-bond donors (Lipinski definition) is 0. The maximum absolute atomic E-state index is 11.8. The number of carbonyl (C=O) groups is 1. The number of amides is 1. The molecule has 3 heteroatoms. The molecule has 1 aromatic carbocycles. The number of hydrogen-bond acceptors (Lipinski definition) is 2. The molecule has 1 aliphatic rings. The predicted octanol–water partition coefficient (Wildman–Crippen LogP) is 1.78. The van der Waals surface area contributed by atoms with Crippen molar-refractivity contribution in [2.45, 2.75) is 19.3 Å². The SMILES string of the molecule is O=C(Cc1ccccc1)N1CCCCO1. The Kier molecular flexibility index (Phi) is 3.35. The molecular formula is C12H15NO2. The Morgan fingerprint density at radius 2 is 2.07 bits per heavy atom. The van der Waals surface area contributed by atoms with Crippen LogP contribution in [0.25, 0.3) is 0 Å². The summed E-state index contributed by atoms with van der Waals surface area (Å²) in [5.74, 6) is 0.0564. The average molecular weight is 205 g/mol. The van der Waals surface area contributed by atoms with Crippen LogP contribution in [0.3, 0.4) is 0 Å². The molecule has 1 aliphatic heterocycles. The van der Waals surface area contributed by atoms with E-state index in [0.717, 1.165) is 24.9 Å². The highest BCUT2D eigenvalue weighted by Crippen LogP contribution is 2.09. The van der Waals surface area contributed by atoms with Gasteiger partial charge in [-0.1, -0.05) is 30.3 Å². The van der Waals surface area contributed by atoms with Crippen molar-refractivity contribution in [2.24, 2.45) is 0 Å². The Balaban J connectivity index is 1.91. The molecule has 3 nitrogen and oxygen atoms in total. The molecule has 80 valence electrons. The first-order valence-electron chi connectivity index (χ1n) is 5.33. The van der Waals surface area contributed by atoms with E-state index in [2.05, 4.69) is 0 Å². The molecule has 1 aromatic rings. The summed E-state index contributed by atoms with van der Waals surface area (Å²) in [7, 11) is 0. The van der Waals surface area contributed by atoms with Gasteiger partial charge < -0.3 is 0 Å². The number of benzene rings is 1. The minimum atomic E-state index is 0.0564. The molecule has 15 heavy (non-hydrogen) atoms. The molecule has 1 saturated heterocycles. The van der Waals surface area contributed by atoms with Gasteiger partial charge >= 0.3 is 0 Å². The van der Waals surface area contributed by atoms with Crippen molar-refractivity contribution >= 4 is 5.91 Å². The Morgan fingerprint density at radius 3 is 2.73 bits per heavy atom. The zero-order chi connectivity index (χ0) is 10.5. The van der Waals surface area contributed by atoms with Crippen LogP contribution in [0.1, 0.15) is 18.4 Å². The summed E-state index contributed by atoms with van der Waals surface area (Å²) < 4.78 is 0. The fourth-order valence-corrected chi connectivity index (χ4v) is 1.65. The maximum Gasteiger partial charge on any atom is 0.250 e. The quantitative estimate of drug-likeness (QED) is 0.736. The lowest BCUT2D eigenvalue weighted by molar-refractivity contribution is -0.196. The average Bonchev–Trinajstić information content (AvgIpc) is 2.31. The fraction of sp³-hybridized carbons (Fsp3) is 0.417. The first kappa shape index (κ1) is 10.2. The molecule has 2 rings (SSSR count). The summed E-state index contributed by atoms with van der Waals surface area (Å²) in [5.41, 5.74) is 1.04. The standard InChI is InChI=1S/C12H15NO2/c14-12(13-8-4-5-9-15-13)10-11-6-2-1-3-7-11/h1-3,6-7H,4-5,8-10H2. The fourth-order valence-electron chi connectivity index (χ4n) is 1.65. The Labute approximate surface area is 89.6 Å². The van der Waals surface area contributed by atoms with Gasteiger partial charge in [0.2, 0.25) is 0 Å². The van der Waals surface area contributed by atoms with Crippen LogP contribution in [0.4, 0.5) is 0 Å². The van der Waals surface area contributed by atoms with Gasteiger partial charge in [0.05, 0.1) is 13.0 Å². The number of hydroxylamine groups is 2. The molecule has 0 aliphatic carbocycles. The maximum atomic E-state index is 11.8. The summed E-state index contributed by atoms with van der Waals surface area (Å²) >= 11 is 0. The number of rotatable bonds is 2. The highest BCUT2D eigenvalue weighted by atomic mass is 16.7. The monoisotopic (exact) mass is 205 g/mol. The molecule has 0 aromatic heterocycles. The zero-order valence-electron chi connectivity index (χ0n) is 8.69. The Morgan fingerprint density at radius 1 is 1.27 bits per heavy atom. The van der Waals surface area contributed by atoms with Crippen LogP contribution in [-0.4, -0.2) is 24.1 Å². The van der Waals surface area contributed by atoms with Gasteiger partial charge in [-0.3, -0.25) is 9.63 Å². The van der Waals surface area contributed by atoms with E-state index in [1.807, 2.05) is 30.3 Å². The van der Waals surface area contributed by atoms with Crippen molar-refractivity contribution in [3.8, 4) is 0 Å². The lowest BCUT2D eigenvalue weighted by atomic mass is 10.1. The van der Waals surface area contributed by atoms with E-state index >= 15 is 0 Å². The van der Waals surface area contributed by atoms with Crippen LogP contribution in [0.5, 0.6) is 0 Å². The van der Waals surface area contributed by atoms with Crippen molar-refractivity contribution in [3.05, 3.63) is 35.9 Å². The predicted molar refractivity (Wildman–Crippen MR) is 57.0 cm³/mol. The van der Waals surface area contributed by atoms with E-state index < -0.39 is 0 Å². The topological polar surface area (TPSA) is 29.5 Å². The number of nitrogens with zero attached hydrogens (tertiary/aromatic N) is 1. The second-order valence-corrected chi connectivity index (χ2v) is 3.70. The van der Waals surface area contributed by atoms with Crippen LogP contribution >= 0.6 is 0 Å². The first-order chi connectivity index (χ1) is 7.36. The first-order valence-corrected chi connectivity index (χ1v) is 5.33. The van der Waals surface area contributed by atoms with E-state index in [1.54, 1.807) is 0 Å². The largest absolute Gasteiger partial charge is 0.272 e. The zero-order valence-corrected chi connectivity index (χ0v) is 8.69. The van der Waals surface area contributed by atoms with Crippen LogP contribution in [0, 0.1) is 0 Å². The summed E-state index contributed by atoms with van der Waals surface area (Å²) in [4.78, 5) is 17.1. The lowest BCUT2D eigenvalue weighted by Gasteiger charge is -2.25. The second-order valence-electron chi connectivity index (χ2n) is 3.70. The Hall–Kier alpha value is -1.35. The third-order valence-corrected chi connectivity index (χ3v) is 2.48.